The minimum absolute atomic E-state index is 0.376. The van der Waals surface area contributed by atoms with E-state index in [0.29, 0.717) is 16.9 Å². The van der Waals surface area contributed by atoms with Gasteiger partial charge in [-0.1, -0.05) is 27.7 Å². The van der Waals surface area contributed by atoms with Crippen molar-refractivity contribution in [2.75, 3.05) is 5.32 Å². The first-order valence-corrected chi connectivity index (χ1v) is 7.82. The van der Waals surface area contributed by atoms with Gasteiger partial charge >= 0.3 is 0 Å². The predicted octanol–water partition coefficient (Wildman–Crippen LogP) is 4.05. The standard InChI is InChI=1S/C17H26N4/c1-12-8-14-15(18-6-7-21(14)20-12)19-13-9-16(2,3)11-17(4,5)10-13/h6-8,13H,9-11H2,1-5H3,(H,18,19). The third-order valence-corrected chi connectivity index (χ3v) is 4.41. The largest absolute Gasteiger partial charge is 0.366 e. The molecule has 1 N–H and O–H groups in total. The van der Waals surface area contributed by atoms with Crippen LogP contribution in [0.3, 0.4) is 0 Å². The van der Waals surface area contributed by atoms with Gasteiger partial charge in [0.05, 0.1) is 5.69 Å². The van der Waals surface area contributed by atoms with Gasteiger partial charge in [-0.15, -0.1) is 0 Å². The summed E-state index contributed by atoms with van der Waals surface area (Å²) < 4.78 is 1.91. The number of nitrogens with zero attached hydrogens (tertiary/aromatic N) is 3. The van der Waals surface area contributed by atoms with Crippen molar-refractivity contribution in [3.8, 4) is 0 Å². The van der Waals surface area contributed by atoms with Gasteiger partial charge in [-0.25, -0.2) is 9.50 Å². The van der Waals surface area contributed by atoms with E-state index >= 15 is 0 Å². The smallest absolute Gasteiger partial charge is 0.152 e. The van der Waals surface area contributed by atoms with Gasteiger partial charge < -0.3 is 5.32 Å². The normalized spacial score (nSPS) is 21.6. The highest BCUT2D eigenvalue weighted by atomic mass is 15.2. The predicted molar refractivity (Wildman–Crippen MR) is 86.5 cm³/mol. The van der Waals surface area contributed by atoms with E-state index in [4.69, 9.17) is 0 Å². The zero-order valence-corrected chi connectivity index (χ0v) is 13.8. The third kappa shape index (κ3) is 3.04. The van der Waals surface area contributed by atoms with Crippen molar-refractivity contribution in [3.05, 3.63) is 24.2 Å². The van der Waals surface area contributed by atoms with Gasteiger partial charge in [0, 0.05) is 18.4 Å². The molecule has 1 fully saturated rings. The summed E-state index contributed by atoms with van der Waals surface area (Å²) in [6, 6.07) is 2.56. The Kier molecular flexibility index (Phi) is 3.23. The van der Waals surface area contributed by atoms with Crippen LogP contribution >= 0.6 is 0 Å². The van der Waals surface area contributed by atoms with Crippen LogP contribution in [0.5, 0.6) is 0 Å². The average molecular weight is 286 g/mol. The van der Waals surface area contributed by atoms with Crippen LogP contribution < -0.4 is 5.32 Å². The molecule has 3 rings (SSSR count). The van der Waals surface area contributed by atoms with Gasteiger partial charge in [0.2, 0.25) is 0 Å². The molecule has 4 heteroatoms. The van der Waals surface area contributed by atoms with Crippen molar-refractivity contribution in [2.24, 2.45) is 10.8 Å². The van der Waals surface area contributed by atoms with Crippen LogP contribution in [0.2, 0.25) is 0 Å². The molecule has 114 valence electrons. The molecule has 0 saturated heterocycles. The van der Waals surface area contributed by atoms with E-state index in [1.54, 1.807) is 0 Å². The molecule has 1 aliphatic carbocycles. The number of aryl methyl sites for hydroxylation is 1. The Morgan fingerprint density at radius 1 is 1.19 bits per heavy atom. The monoisotopic (exact) mass is 286 g/mol. The van der Waals surface area contributed by atoms with Gasteiger partial charge in [-0.2, -0.15) is 5.10 Å². The number of aromatic nitrogens is 3. The fraction of sp³-hybridized carbons (Fsp3) is 0.647. The van der Waals surface area contributed by atoms with Crippen molar-refractivity contribution < 1.29 is 0 Å². The summed E-state index contributed by atoms with van der Waals surface area (Å²) in [6.07, 6.45) is 7.38. The average Bonchev–Trinajstić information content (AvgIpc) is 2.66. The molecule has 2 aromatic heterocycles. The highest BCUT2D eigenvalue weighted by Gasteiger charge is 2.38. The van der Waals surface area contributed by atoms with Crippen LogP contribution in [0.4, 0.5) is 5.82 Å². The maximum atomic E-state index is 4.54. The SMILES string of the molecule is Cc1cc2c(NC3CC(C)(C)CC(C)(C)C3)nccn2n1. The Bertz CT molecular complexity index is 638. The van der Waals surface area contributed by atoms with E-state index in [-0.39, 0.29) is 0 Å². The summed E-state index contributed by atoms with van der Waals surface area (Å²) >= 11 is 0. The molecular weight excluding hydrogens is 260 g/mol. The summed E-state index contributed by atoms with van der Waals surface area (Å²) in [6.45, 7) is 11.5. The zero-order valence-electron chi connectivity index (χ0n) is 13.8. The van der Waals surface area contributed by atoms with Gasteiger partial charge in [0.25, 0.3) is 0 Å². The molecule has 4 nitrogen and oxygen atoms in total. The highest BCUT2D eigenvalue weighted by molar-refractivity contribution is 5.68. The summed E-state index contributed by atoms with van der Waals surface area (Å²) in [5.41, 5.74) is 2.84. The zero-order chi connectivity index (χ0) is 15.3. The van der Waals surface area contributed by atoms with Gasteiger partial charge in [0.15, 0.2) is 5.82 Å². The van der Waals surface area contributed by atoms with Crippen LogP contribution in [0.25, 0.3) is 5.52 Å². The summed E-state index contributed by atoms with van der Waals surface area (Å²) in [5, 5.41) is 8.14. The van der Waals surface area contributed by atoms with E-state index in [2.05, 4.69) is 49.2 Å². The number of anilines is 1. The van der Waals surface area contributed by atoms with Crippen molar-refractivity contribution >= 4 is 11.3 Å². The minimum atomic E-state index is 0.376. The molecule has 0 amide bonds. The maximum Gasteiger partial charge on any atom is 0.152 e. The lowest BCUT2D eigenvalue weighted by Gasteiger charge is -2.45. The fourth-order valence-electron chi connectivity index (χ4n) is 4.30. The number of hydrogen-bond donors (Lipinski definition) is 1. The molecule has 2 aromatic rings. The molecule has 0 atom stereocenters. The lowest BCUT2D eigenvalue weighted by Crippen LogP contribution is -2.40. The van der Waals surface area contributed by atoms with E-state index < -0.39 is 0 Å². The van der Waals surface area contributed by atoms with Crippen molar-refractivity contribution in [1.29, 1.82) is 0 Å². The molecular formula is C17H26N4. The molecule has 1 saturated carbocycles. The number of nitrogens with one attached hydrogen (secondary N) is 1. The second-order valence-corrected chi connectivity index (χ2v) is 8.15. The van der Waals surface area contributed by atoms with Crippen molar-refractivity contribution in [2.45, 2.75) is 59.9 Å². The second kappa shape index (κ2) is 4.72. The van der Waals surface area contributed by atoms with E-state index in [0.717, 1.165) is 17.0 Å². The van der Waals surface area contributed by atoms with E-state index in [9.17, 15) is 0 Å². The maximum absolute atomic E-state index is 4.54. The lowest BCUT2D eigenvalue weighted by molar-refractivity contribution is 0.105. The first-order valence-electron chi connectivity index (χ1n) is 7.82. The minimum Gasteiger partial charge on any atom is -0.366 e. The number of hydrogen-bond acceptors (Lipinski definition) is 3. The van der Waals surface area contributed by atoms with Gasteiger partial charge in [-0.05, 0) is 43.1 Å². The van der Waals surface area contributed by atoms with E-state index in [1.165, 1.54) is 19.3 Å². The van der Waals surface area contributed by atoms with Crippen molar-refractivity contribution in [3.63, 3.8) is 0 Å². The van der Waals surface area contributed by atoms with Crippen molar-refractivity contribution in [1.82, 2.24) is 14.6 Å². The Balaban J connectivity index is 1.88. The molecule has 1 aliphatic rings. The molecule has 0 unspecified atom stereocenters. The first-order chi connectivity index (χ1) is 9.74. The van der Waals surface area contributed by atoms with Gasteiger partial charge in [-0.3, -0.25) is 0 Å². The quantitative estimate of drug-likeness (QED) is 0.905. The highest BCUT2D eigenvalue weighted by Crippen LogP contribution is 2.46. The Hall–Kier alpha value is -1.58. The molecule has 0 bridgehead atoms. The number of rotatable bonds is 2. The Morgan fingerprint density at radius 3 is 2.52 bits per heavy atom. The second-order valence-electron chi connectivity index (χ2n) is 8.15. The van der Waals surface area contributed by atoms with Gasteiger partial charge in [0.1, 0.15) is 5.52 Å². The van der Waals surface area contributed by atoms with Crippen LogP contribution in [-0.4, -0.2) is 20.6 Å². The topological polar surface area (TPSA) is 42.2 Å². The molecule has 0 aliphatic heterocycles. The summed E-state index contributed by atoms with van der Waals surface area (Å²) in [7, 11) is 0. The lowest BCUT2D eigenvalue weighted by atomic mass is 9.63. The van der Waals surface area contributed by atoms with Crippen LogP contribution in [-0.2, 0) is 0 Å². The Morgan fingerprint density at radius 2 is 1.86 bits per heavy atom. The first kappa shape index (κ1) is 14.4. The molecule has 2 heterocycles. The Labute approximate surface area is 127 Å². The van der Waals surface area contributed by atoms with Crippen LogP contribution in [0.15, 0.2) is 18.5 Å². The van der Waals surface area contributed by atoms with Crippen LogP contribution in [0.1, 0.15) is 52.7 Å². The van der Waals surface area contributed by atoms with E-state index in [1.807, 2.05) is 23.8 Å². The molecule has 0 spiro atoms. The number of fused-ring (bicyclic) bond motifs is 1. The molecule has 21 heavy (non-hydrogen) atoms. The molecule has 0 radical (unpaired) electrons. The van der Waals surface area contributed by atoms with Crippen LogP contribution in [0, 0.1) is 17.8 Å². The fourth-order valence-corrected chi connectivity index (χ4v) is 4.30. The summed E-state index contributed by atoms with van der Waals surface area (Å²) in [4.78, 5) is 4.54. The molecule has 0 aromatic carbocycles. The third-order valence-electron chi connectivity index (χ3n) is 4.41. The summed E-state index contributed by atoms with van der Waals surface area (Å²) in [5.74, 6) is 0.955.